The average Bonchev–Trinajstić information content (AvgIpc) is 3.63. The highest BCUT2D eigenvalue weighted by atomic mass is 16.6. The molecule has 0 radical (unpaired) electrons. The van der Waals surface area contributed by atoms with Gasteiger partial charge < -0.3 is 19.9 Å². The van der Waals surface area contributed by atoms with Gasteiger partial charge in [0.15, 0.2) is 0 Å². The van der Waals surface area contributed by atoms with Gasteiger partial charge >= 0.3 is 6.09 Å². The number of amides is 2. The van der Waals surface area contributed by atoms with Crippen LogP contribution in [0.4, 0.5) is 10.6 Å². The van der Waals surface area contributed by atoms with E-state index in [1.807, 2.05) is 28.0 Å². The molecule has 4 saturated carbocycles. The molecule has 0 saturated heterocycles. The lowest BCUT2D eigenvalue weighted by molar-refractivity contribution is -0.124. The maximum absolute atomic E-state index is 14.6. The third-order valence-corrected chi connectivity index (χ3v) is 11.6. The van der Waals surface area contributed by atoms with E-state index in [1.54, 1.807) is 7.11 Å². The van der Waals surface area contributed by atoms with Crippen molar-refractivity contribution < 1.29 is 24.2 Å². The molecule has 3 aromatic rings. The van der Waals surface area contributed by atoms with Crippen LogP contribution >= 0.6 is 0 Å². The predicted octanol–water partition coefficient (Wildman–Crippen LogP) is 7.14. The Morgan fingerprint density at radius 2 is 1.78 bits per heavy atom. The average molecular weight is 672 g/mol. The Balaban J connectivity index is 1.20. The number of aryl methyl sites for hydroxylation is 1. The lowest BCUT2D eigenvalue weighted by atomic mass is 9.51. The van der Waals surface area contributed by atoms with Gasteiger partial charge in [0.2, 0.25) is 5.91 Å². The van der Waals surface area contributed by atoms with Crippen molar-refractivity contribution in [3.05, 3.63) is 60.0 Å². The van der Waals surface area contributed by atoms with Gasteiger partial charge in [0.25, 0.3) is 0 Å². The number of aliphatic hydroxyl groups excluding tert-OH is 1. The minimum atomic E-state index is -0.457. The van der Waals surface area contributed by atoms with E-state index < -0.39 is 6.09 Å². The molecule has 1 aromatic carbocycles. The van der Waals surface area contributed by atoms with Crippen molar-refractivity contribution in [3.8, 4) is 16.9 Å². The second-order valence-corrected chi connectivity index (χ2v) is 15.0. The van der Waals surface area contributed by atoms with Crippen molar-refractivity contribution in [1.82, 2.24) is 20.1 Å². The normalized spacial score (nSPS) is 24.9. The molecule has 2 heterocycles. The van der Waals surface area contributed by atoms with Gasteiger partial charge in [-0.25, -0.2) is 9.78 Å². The first-order valence-electron chi connectivity index (χ1n) is 18.2. The van der Waals surface area contributed by atoms with Gasteiger partial charge in [-0.3, -0.25) is 14.4 Å². The second-order valence-electron chi connectivity index (χ2n) is 15.0. The van der Waals surface area contributed by atoms with Crippen LogP contribution in [0.5, 0.6) is 5.75 Å². The van der Waals surface area contributed by atoms with Crippen molar-refractivity contribution in [3.63, 3.8) is 0 Å². The molecule has 0 unspecified atom stereocenters. The van der Waals surface area contributed by atoms with Crippen LogP contribution in [-0.4, -0.2) is 64.8 Å². The van der Waals surface area contributed by atoms with Gasteiger partial charge in [0.1, 0.15) is 17.7 Å². The number of pyridine rings is 1. The van der Waals surface area contributed by atoms with Gasteiger partial charge in [0.05, 0.1) is 13.3 Å². The Kier molecular flexibility index (Phi) is 10.6. The van der Waals surface area contributed by atoms with E-state index in [2.05, 4.69) is 61.6 Å². The van der Waals surface area contributed by atoms with E-state index in [9.17, 15) is 9.59 Å². The number of alkyl carbamates (subject to hydrolysis) is 1. The van der Waals surface area contributed by atoms with Crippen molar-refractivity contribution in [1.29, 1.82) is 0 Å². The lowest BCUT2D eigenvalue weighted by Crippen LogP contribution is -2.52. The molecule has 4 fully saturated rings. The highest BCUT2D eigenvalue weighted by Crippen LogP contribution is 2.58. The maximum atomic E-state index is 14.6. The quantitative estimate of drug-likeness (QED) is 0.197. The number of nitrogens with zero attached hydrogens (tertiary/aromatic N) is 4. The summed E-state index contributed by atoms with van der Waals surface area (Å²) < 4.78 is 13.1. The van der Waals surface area contributed by atoms with Crippen LogP contribution in [-0.2, 0) is 14.9 Å². The van der Waals surface area contributed by atoms with Crippen LogP contribution < -0.4 is 15.0 Å². The number of carbonyl (C=O) groups is 2. The van der Waals surface area contributed by atoms with Crippen molar-refractivity contribution >= 4 is 17.8 Å². The molecule has 2 amide bonds. The SMILES string of the molecule is COc1ccc(C23CCC(CN(C(=O)C4CCC(OC(=O)NCCCO)CC4)c4cc(-c5cnn(C(C)C)c5)ccn4)(CC2)CC3)cc1C. The molecule has 0 atom stereocenters. The number of carbonyl (C=O) groups excluding carboxylic acids is 2. The molecule has 264 valence electrons. The maximum Gasteiger partial charge on any atom is 0.407 e. The number of methoxy groups -OCH3 is 1. The molecule has 0 spiro atoms. The van der Waals surface area contributed by atoms with Crippen molar-refractivity contribution in [2.45, 2.75) is 109 Å². The van der Waals surface area contributed by atoms with Crippen LogP contribution in [0.25, 0.3) is 11.1 Å². The first-order chi connectivity index (χ1) is 23.6. The highest BCUT2D eigenvalue weighted by Gasteiger charge is 2.51. The number of rotatable bonds is 12. The molecule has 4 aliphatic carbocycles. The summed E-state index contributed by atoms with van der Waals surface area (Å²) in [4.78, 5) is 33.6. The summed E-state index contributed by atoms with van der Waals surface area (Å²) in [6.45, 7) is 7.41. The van der Waals surface area contributed by atoms with Crippen LogP contribution in [0.1, 0.15) is 102 Å². The zero-order chi connectivity index (χ0) is 34.6. The van der Waals surface area contributed by atoms with E-state index in [0.717, 1.165) is 55.4 Å². The van der Waals surface area contributed by atoms with Crippen molar-refractivity contribution in [2.75, 3.05) is 31.7 Å². The summed E-state index contributed by atoms with van der Waals surface area (Å²) in [7, 11) is 1.73. The summed E-state index contributed by atoms with van der Waals surface area (Å²) >= 11 is 0. The third kappa shape index (κ3) is 7.64. The largest absolute Gasteiger partial charge is 0.496 e. The molecule has 10 heteroatoms. The first-order valence-corrected chi connectivity index (χ1v) is 18.2. The number of aromatic nitrogens is 3. The minimum Gasteiger partial charge on any atom is -0.496 e. The fraction of sp³-hybridized carbons (Fsp3) is 0.590. The Morgan fingerprint density at radius 1 is 1.04 bits per heavy atom. The van der Waals surface area contributed by atoms with Crippen LogP contribution in [0.15, 0.2) is 48.9 Å². The molecule has 10 nitrogen and oxygen atoms in total. The lowest BCUT2D eigenvalue weighted by Gasteiger charge is -2.55. The fourth-order valence-corrected chi connectivity index (χ4v) is 8.37. The number of ether oxygens (including phenoxy) is 2. The summed E-state index contributed by atoms with van der Waals surface area (Å²) in [6, 6.07) is 11.0. The van der Waals surface area contributed by atoms with Gasteiger partial charge in [0, 0.05) is 49.6 Å². The smallest absolute Gasteiger partial charge is 0.407 e. The van der Waals surface area contributed by atoms with E-state index in [0.29, 0.717) is 51.0 Å². The number of hydrogen-bond donors (Lipinski definition) is 2. The predicted molar refractivity (Wildman–Crippen MR) is 190 cm³/mol. The molecule has 4 aliphatic rings. The summed E-state index contributed by atoms with van der Waals surface area (Å²) in [6.07, 6.45) is 14.8. The molecule has 2 bridgehead atoms. The number of nitrogens with one attached hydrogen (secondary N) is 1. The Bertz CT molecular complexity index is 1590. The topological polar surface area (TPSA) is 119 Å². The molecule has 0 aliphatic heterocycles. The Labute approximate surface area is 290 Å². The number of aliphatic hydroxyl groups is 1. The summed E-state index contributed by atoms with van der Waals surface area (Å²) in [5, 5.41) is 16.2. The number of hydrogen-bond acceptors (Lipinski definition) is 7. The van der Waals surface area contributed by atoms with Crippen LogP contribution in [0.3, 0.4) is 0 Å². The zero-order valence-corrected chi connectivity index (χ0v) is 29.6. The Morgan fingerprint density at radius 3 is 2.41 bits per heavy atom. The molecular formula is C39H53N5O5. The van der Waals surface area contributed by atoms with Gasteiger partial charge in [-0.1, -0.05) is 12.1 Å². The second kappa shape index (κ2) is 14.9. The minimum absolute atomic E-state index is 0.0217. The number of anilines is 1. The van der Waals surface area contributed by atoms with Crippen LogP contribution in [0, 0.1) is 18.3 Å². The fourth-order valence-electron chi connectivity index (χ4n) is 8.37. The van der Waals surface area contributed by atoms with Gasteiger partial charge in [-0.05, 0) is 137 Å². The third-order valence-electron chi connectivity index (χ3n) is 11.6. The molecule has 49 heavy (non-hydrogen) atoms. The Hall–Kier alpha value is -3.92. The molecule has 2 N–H and O–H groups in total. The van der Waals surface area contributed by atoms with Gasteiger partial charge in [-0.15, -0.1) is 0 Å². The zero-order valence-electron chi connectivity index (χ0n) is 29.6. The van der Waals surface area contributed by atoms with E-state index >= 15 is 0 Å². The summed E-state index contributed by atoms with van der Waals surface area (Å²) in [5.74, 6) is 1.60. The molecular weight excluding hydrogens is 618 g/mol. The number of benzene rings is 1. The molecule has 2 aromatic heterocycles. The van der Waals surface area contributed by atoms with E-state index in [4.69, 9.17) is 19.6 Å². The van der Waals surface area contributed by atoms with Crippen LogP contribution in [0.2, 0.25) is 0 Å². The number of fused-ring (bicyclic) bond motifs is 3. The highest BCUT2D eigenvalue weighted by molar-refractivity contribution is 5.95. The van der Waals surface area contributed by atoms with E-state index in [1.165, 1.54) is 11.1 Å². The molecule has 7 rings (SSSR count). The summed E-state index contributed by atoms with van der Waals surface area (Å²) in [5.41, 5.74) is 4.84. The van der Waals surface area contributed by atoms with E-state index in [-0.39, 0.29) is 41.4 Å². The van der Waals surface area contributed by atoms with Crippen molar-refractivity contribution in [2.24, 2.45) is 11.3 Å². The first kappa shape index (κ1) is 34.9. The van der Waals surface area contributed by atoms with Gasteiger partial charge in [-0.2, -0.15) is 5.10 Å². The standard InChI is InChI=1S/C39H53N5O5/c1-27(2)44-25-31(24-42-44)30-12-20-40-35(23-30)43(36(46)29-6-9-33(10-7-29)49-37(47)41-19-5-21-45)26-38-13-16-39(17-14-38,18-15-38)32-8-11-34(48-4)28(3)22-32/h8,11-12,20,22-25,27,29,33,45H,5-7,9-10,13-19,21,26H2,1-4H3,(H,41,47). The monoisotopic (exact) mass is 671 g/mol.